The van der Waals surface area contributed by atoms with Crippen LogP contribution >= 0.6 is 0 Å². The zero-order valence-corrected chi connectivity index (χ0v) is 17.4. The summed E-state index contributed by atoms with van der Waals surface area (Å²) in [6, 6.07) is 3.32. The number of ether oxygens (including phenoxy) is 1. The van der Waals surface area contributed by atoms with E-state index in [9.17, 15) is 18.0 Å². The molecule has 2 aliphatic heterocycles. The molecule has 2 amide bonds. The molecule has 1 atom stereocenters. The molecule has 2 N–H and O–H groups in total. The van der Waals surface area contributed by atoms with Crippen LogP contribution in [0, 0.1) is 12.8 Å². The number of amides is 2. The molecular weight excluding hydrogens is 394 g/mol. The molecule has 1 aromatic rings. The lowest BCUT2D eigenvalue weighted by molar-refractivity contribution is -0.126. The van der Waals surface area contributed by atoms with Gasteiger partial charge in [-0.05, 0) is 44.2 Å². The normalized spacial score (nSPS) is 23.2. The van der Waals surface area contributed by atoms with Crippen molar-refractivity contribution >= 4 is 27.5 Å². The number of anilines is 1. The van der Waals surface area contributed by atoms with Gasteiger partial charge >= 0.3 is 0 Å². The number of benzene rings is 1. The molecule has 0 aromatic heterocycles. The highest BCUT2D eigenvalue weighted by Gasteiger charge is 2.35. The first-order chi connectivity index (χ1) is 13.8. The van der Waals surface area contributed by atoms with Crippen LogP contribution in [0.2, 0.25) is 0 Å². The second kappa shape index (κ2) is 7.95. The van der Waals surface area contributed by atoms with Crippen molar-refractivity contribution in [3.63, 3.8) is 0 Å². The van der Waals surface area contributed by atoms with Gasteiger partial charge in [0.2, 0.25) is 15.9 Å². The quantitative estimate of drug-likeness (QED) is 0.771. The average molecular weight is 422 g/mol. The maximum absolute atomic E-state index is 13.3. The van der Waals surface area contributed by atoms with Gasteiger partial charge in [0, 0.05) is 25.2 Å². The summed E-state index contributed by atoms with van der Waals surface area (Å²) < 4.78 is 33.4. The standard InChI is InChI=1S/C20H27N3O5S/c1-13-9-16-17(28-12-19(24)22-16)10-18(13)29(26,27)23-8-4-5-14(11-23)20(25)21-15-6-2-3-7-15/h9-10,14-15H,2-8,11-12H2,1H3,(H,21,25)(H,22,24)/t14-/m0/s1. The number of hydrogen-bond donors (Lipinski definition) is 2. The van der Waals surface area contributed by atoms with E-state index in [0.29, 0.717) is 36.4 Å². The maximum Gasteiger partial charge on any atom is 0.262 e. The maximum atomic E-state index is 13.3. The van der Waals surface area contributed by atoms with Crippen molar-refractivity contribution in [1.29, 1.82) is 0 Å². The third kappa shape index (κ3) is 4.11. The highest BCUT2D eigenvalue weighted by Crippen LogP contribution is 2.35. The molecule has 0 radical (unpaired) electrons. The van der Waals surface area contributed by atoms with E-state index in [-0.39, 0.29) is 41.8 Å². The first kappa shape index (κ1) is 20.2. The van der Waals surface area contributed by atoms with Crippen LogP contribution in [-0.4, -0.2) is 50.3 Å². The molecule has 9 heteroatoms. The van der Waals surface area contributed by atoms with Gasteiger partial charge in [0.05, 0.1) is 16.5 Å². The zero-order chi connectivity index (χ0) is 20.6. The van der Waals surface area contributed by atoms with Crippen molar-refractivity contribution in [2.75, 3.05) is 25.0 Å². The number of hydrogen-bond acceptors (Lipinski definition) is 5. The fourth-order valence-corrected chi connectivity index (χ4v) is 6.14. The second-order valence-corrected chi connectivity index (χ2v) is 10.0. The predicted molar refractivity (Wildman–Crippen MR) is 107 cm³/mol. The van der Waals surface area contributed by atoms with Gasteiger partial charge in [-0.25, -0.2) is 8.42 Å². The third-order valence-electron chi connectivity index (χ3n) is 5.98. The van der Waals surface area contributed by atoms with Crippen molar-refractivity contribution in [2.45, 2.75) is 56.4 Å². The number of carbonyl (C=O) groups is 2. The Bertz CT molecular complexity index is 924. The molecular formula is C20H27N3O5S. The summed E-state index contributed by atoms with van der Waals surface area (Å²) in [6.45, 7) is 2.14. The number of sulfonamides is 1. The molecule has 1 aromatic carbocycles. The number of nitrogens with one attached hydrogen (secondary N) is 2. The van der Waals surface area contributed by atoms with Crippen LogP contribution in [0.3, 0.4) is 0 Å². The first-order valence-corrected chi connectivity index (χ1v) is 11.7. The van der Waals surface area contributed by atoms with Gasteiger partial charge in [0.25, 0.3) is 5.91 Å². The van der Waals surface area contributed by atoms with E-state index >= 15 is 0 Å². The largest absolute Gasteiger partial charge is 0.482 e. The van der Waals surface area contributed by atoms with Crippen LogP contribution in [0.1, 0.15) is 44.1 Å². The summed E-state index contributed by atoms with van der Waals surface area (Å²) in [5.41, 5.74) is 1.01. The third-order valence-corrected chi connectivity index (χ3v) is 7.99. The highest BCUT2D eigenvalue weighted by molar-refractivity contribution is 7.89. The molecule has 0 unspecified atom stereocenters. The Morgan fingerprint density at radius 1 is 1.21 bits per heavy atom. The summed E-state index contributed by atoms with van der Waals surface area (Å²) in [6.07, 6.45) is 5.63. The fraction of sp³-hybridized carbons (Fsp3) is 0.600. The van der Waals surface area contributed by atoms with Crippen LogP contribution in [0.25, 0.3) is 0 Å². The van der Waals surface area contributed by atoms with Crippen LogP contribution in [0.4, 0.5) is 5.69 Å². The van der Waals surface area contributed by atoms with Crippen LogP contribution < -0.4 is 15.4 Å². The Morgan fingerprint density at radius 2 is 1.97 bits per heavy atom. The van der Waals surface area contributed by atoms with Crippen molar-refractivity contribution in [3.05, 3.63) is 17.7 Å². The molecule has 29 heavy (non-hydrogen) atoms. The van der Waals surface area contributed by atoms with Gasteiger partial charge in [0.15, 0.2) is 6.61 Å². The number of carbonyl (C=O) groups excluding carboxylic acids is 2. The lowest BCUT2D eigenvalue weighted by atomic mass is 9.98. The fourth-order valence-electron chi connectivity index (χ4n) is 4.40. The average Bonchev–Trinajstić information content (AvgIpc) is 3.20. The van der Waals surface area contributed by atoms with Gasteiger partial charge in [-0.3, -0.25) is 9.59 Å². The molecule has 2 heterocycles. The highest BCUT2D eigenvalue weighted by atomic mass is 32.2. The summed E-state index contributed by atoms with van der Waals surface area (Å²) in [5, 5.41) is 5.79. The molecule has 1 saturated carbocycles. The topological polar surface area (TPSA) is 105 Å². The van der Waals surface area contributed by atoms with E-state index in [0.717, 1.165) is 25.7 Å². The molecule has 0 bridgehead atoms. The molecule has 1 saturated heterocycles. The van der Waals surface area contributed by atoms with Gasteiger partial charge in [-0.15, -0.1) is 0 Å². The molecule has 1 aliphatic carbocycles. The van der Waals surface area contributed by atoms with Gasteiger partial charge in [0.1, 0.15) is 5.75 Å². The van der Waals surface area contributed by atoms with Crippen molar-refractivity contribution < 1.29 is 22.7 Å². The Labute approximate surface area is 171 Å². The van der Waals surface area contributed by atoms with Crippen LogP contribution in [0.5, 0.6) is 5.75 Å². The molecule has 8 nitrogen and oxygen atoms in total. The number of aryl methyl sites for hydroxylation is 1. The number of piperidine rings is 1. The molecule has 2 fully saturated rings. The molecule has 3 aliphatic rings. The predicted octanol–water partition coefficient (Wildman–Crippen LogP) is 1.79. The molecule has 4 rings (SSSR count). The monoisotopic (exact) mass is 421 g/mol. The summed E-state index contributed by atoms with van der Waals surface area (Å²) in [7, 11) is -3.77. The Morgan fingerprint density at radius 3 is 2.72 bits per heavy atom. The Kier molecular flexibility index (Phi) is 5.52. The van der Waals surface area contributed by atoms with Gasteiger partial charge in [-0.2, -0.15) is 4.31 Å². The van der Waals surface area contributed by atoms with Crippen molar-refractivity contribution in [2.24, 2.45) is 5.92 Å². The lowest BCUT2D eigenvalue weighted by Gasteiger charge is -2.32. The molecule has 158 valence electrons. The van der Waals surface area contributed by atoms with Crippen molar-refractivity contribution in [3.8, 4) is 5.75 Å². The van der Waals surface area contributed by atoms with E-state index in [1.165, 1.54) is 10.4 Å². The van der Waals surface area contributed by atoms with Crippen molar-refractivity contribution in [1.82, 2.24) is 9.62 Å². The van der Waals surface area contributed by atoms with E-state index in [4.69, 9.17) is 4.74 Å². The summed E-state index contributed by atoms with van der Waals surface area (Å²) in [4.78, 5) is 24.3. The van der Waals surface area contributed by atoms with Gasteiger partial charge in [-0.1, -0.05) is 12.8 Å². The van der Waals surface area contributed by atoms with Crippen LogP contribution in [0.15, 0.2) is 17.0 Å². The number of fused-ring (bicyclic) bond motifs is 1. The minimum Gasteiger partial charge on any atom is -0.482 e. The zero-order valence-electron chi connectivity index (χ0n) is 16.6. The second-order valence-electron chi connectivity index (χ2n) is 8.14. The van der Waals surface area contributed by atoms with Gasteiger partial charge < -0.3 is 15.4 Å². The van der Waals surface area contributed by atoms with E-state index in [1.54, 1.807) is 13.0 Å². The number of rotatable bonds is 4. The number of nitrogens with zero attached hydrogens (tertiary/aromatic N) is 1. The SMILES string of the molecule is Cc1cc2c(cc1S(=O)(=O)N1CCC[C@H](C(=O)NC3CCCC3)C1)OCC(=O)N2. The van der Waals surface area contributed by atoms with Crippen LogP contribution in [-0.2, 0) is 19.6 Å². The molecule has 0 spiro atoms. The minimum atomic E-state index is -3.77. The summed E-state index contributed by atoms with van der Waals surface area (Å²) in [5.74, 6) is -0.279. The first-order valence-electron chi connectivity index (χ1n) is 10.2. The lowest BCUT2D eigenvalue weighted by Crippen LogP contribution is -2.47. The smallest absolute Gasteiger partial charge is 0.262 e. The minimum absolute atomic E-state index is 0.0370. The van der Waals surface area contributed by atoms with E-state index < -0.39 is 10.0 Å². The Balaban J connectivity index is 1.52. The Hall–Kier alpha value is -2.13. The summed E-state index contributed by atoms with van der Waals surface area (Å²) >= 11 is 0. The van der Waals surface area contributed by atoms with E-state index in [1.807, 2.05) is 0 Å². The van der Waals surface area contributed by atoms with E-state index in [2.05, 4.69) is 10.6 Å².